The Morgan fingerprint density at radius 3 is 2.73 bits per heavy atom. The second kappa shape index (κ2) is 8.02. The number of halogens is 1. The zero-order chi connectivity index (χ0) is 8.53. The maximum Gasteiger partial charge on any atom is 0.149 e. The van der Waals surface area contributed by atoms with Crippen LogP contribution in [0.15, 0.2) is 0 Å². The molecule has 0 aromatic heterocycles. The lowest BCUT2D eigenvalue weighted by atomic mass is 10.3. The van der Waals surface area contributed by atoms with E-state index in [4.69, 9.17) is 16.3 Å². The number of carbonyl (C=O) groups is 1. The minimum Gasteiger partial charge on any atom is -0.381 e. The first-order chi connectivity index (χ1) is 5.31. The lowest BCUT2D eigenvalue weighted by Crippen LogP contribution is -2.05. The molecule has 11 heavy (non-hydrogen) atoms. The van der Waals surface area contributed by atoms with Crippen LogP contribution in [0.2, 0.25) is 0 Å². The Kier molecular flexibility index (Phi) is 7.96. The number of hydrogen-bond acceptors (Lipinski definition) is 2. The summed E-state index contributed by atoms with van der Waals surface area (Å²) in [5, 5.41) is 0. The Balaban J connectivity index is 2.95. The SMILES string of the molecule is CCCCOCCC(=O)CCl. The van der Waals surface area contributed by atoms with Crippen molar-refractivity contribution in [2.45, 2.75) is 26.2 Å². The summed E-state index contributed by atoms with van der Waals surface area (Å²) in [5.74, 6) is 0.167. The van der Waals surface area contributed by atoms with Crippen molar-refractivity contribution < 1.29 is 9.53 Å². The Labute approximate surface area is 72.9 Å². The quantitative estimate of drug-likeness (QED) is 0.440. The van der Waals surface area contributed by atoms with Crippen molar-refractivity contribution in [2.75, 3.05) is 19.1 Å². The highest BCUT2D eigenvalue weighted by Crippen LogP contribution is 1.91. The third-order valence-electron chi connectivity index (χ3n) is 1.32. The molecule has 0 bridgehead atoms. The van der Waals surface area contributed by atoms with Crippen LogP contribution in [0.25, 0.3) is 0 Å². The van der Waals surface area contributed by atoms with Gasteiger partial charge < -0.3 is 4.74 Å². The molecule has 0 aliphatic rings. The average molecular weight is 179 g/mol. The van der Waals surface area contributed by atoms with Crippen LogP contribution in [0.5, 0.6) is 0 Å². The molecule has 0 unspecified atom stereocenters. The summed E-state index contributed by atoms with van der Waals surface area (Å²) in [5.41, 5.74) is 0. The van der Waals surface area contributed by atoms with Gasteiger partial charge in [-0.2, -0.15) is 0 Å². The van der Waals surface area contributed by atoms with Crippen LogP contribution in [0.1, 0.15) is 26.2 Å². The van der Waals surface area contributed by atoms with Crippen LogP contribution in [-0.4, -0.2) is 24.9 Å². The van der Waals surface area contributed by atoms with Crippen molar-refractivity contribution in [3.63, 3.8) is 0 Å². The molecule has 0 aliphatic carbocycles. The van der Waals surface area contributed by atoms with Crippen molar-refractivity contribution in [3.8, 4) is 0 Å². The molecule has 0 aliphatic heterocycles. The number of carbonyl (C=O) groups excluding carboxylic acids is 1. The van der Waals surface area contributed by atoms with E-state index in [1.54, 1.807) is 0 Å². The molecule has 0 saturated carbocycles. The van der Waals surface area contributed by atoms with E-state index in [2.05, 4.69) is 6.92 Å². The normalized spacial score (nSPS) is 10.0. The van der Waals surface area contributed by atoms with Crippen LogP contribution in [0.3, 0.4) is 0 Å². The maximum atomic E-state index is 10.6. The van der Waals surface area contributed by atoms with Crippen LogP contribution >= 0.6 is 11.6 Å². The van der Waals surface area contributed by atoms with Crippen LogP contribution in [-0.2, 0) is 9.53 Å². The van der Waals surface area contributed by atoms with Gasteiger partial charge in [-0.1, -0.05) is 13.3 Å². The van der Waals surface area contributed by atoms with Gasteiger partial charge >= 0.3 is 0 Å². The van der Waals surface area contributed by atoms with Crippen LogP contribution in [0, 0.1) is 0 Å². The zero-order valence-electron chi connectivity index (χ0n) is 6.94. The van der Waals surface area contributed by atoms with Gasteiger partial charge in [0.15, 0.2) is 0 Å². The second-order valence-electron chi connectivity index (χ2n) is 2.39. The number of unbranched alkanes of at least 4 members (excludes halogenated alkanes) is 1. The fourth-order valence-electron chi connectivity index (χ4n) is 0.601. The molecule has 0 aromatic carbocycles. The van der Waals surface area contributed by atoms with E-state index in [9.17, 15) is 4.79 Å². The largest absolute Gasteiger partial charge is 0.381 e. The van der Waals surface area contributed by atoms with Crippen LogP contribution in [0.4, 0.5) is 0 Å². The van der Waals surface area contributed by atoms with E-state index in [1.165, 1.54) is 0 Å². The molecule has 0 fully saturated rings. The van der Waals surface area contributed by atoms with Crippen molar-refractivity contribution in [1.82, 2.24) is 0 Å². The summed E-state index contributed by atoms with van der Waals surface area (Å²) >= 11 is 5.29. The van der Waals surface area contributed by atoms with Gasteiger partial charge in [0.25, 0.3) is 0 Å². The molecule has 2 nitrogen and oxygen atoms in total. The Morgan fingerprint density at radius 1 is 1.45 bits per heavy atom. The molecule has 0 rings (SSSR count). The van der Waals surface area contributed by atoms with Gasteiger partial charge in [0.2, 0.25) is 0 Å². The van der Waals surface area contributed by atoms with Gasteiger partial charge in [0.1, 0.15) is 5.78 Å². The number of alkyl halides is 1. The second-order valence-corrected chi connectivity index (χ2v) is 2.66. The van der Waals surface area contributed by atoms with Gasteiger partial charge in [0.05, 0.1) is 12.5 Å². The standard InChI is InChI=1S/C8H15ClO2/c1-2-3-5-11-6-4-8(10)7-9/h2-7H2,1H3. The van der Waals surface area contributed by atoms with E-state index in [1.807, 2.05) is 0 Å². The monoisotopic (exact) mass is 178 g/mol. The maximum absolute atomic E-state index is 10.6. The molecule has 0 saturated heterocycles. The van der Waals surface area contributed by atoms with Crippen LogP contribution < -0.4 is 0 Å². The lowest BCUT2D eigenvalue weighted by molar-refractivity contribution is -0.117. The molecular formula is C8H15ClO2. The first-order valence-electron chi connectivity index (χ1n) is 3.96. The third kappa shape index (κ3) is 7.82. The molecule has 66 valence electrons. The molecule has 0 N–H and O–H groups in total. The number of ether oxygens (including phenoxy) is 1. The molecule has 0 amide bonds. The van der Waals surface area contributed by atoms with Gasteiger partial charge in [-0.05, 0) is 6.42 Å². The predicted molar refractivity (Wildman–Crippen MR) is 46.1 cm³/mol. The van der Waals surface area contributed by atoms with Crippen molar-refractivity contribution in [3.05, 3.63) is 0 Å². The van der Waals surface area contributed by atoms with E-state index >= 15 is 0 Å². The van der Waals surface area contributed by atoms with Crippen molar-refractivity contribution >= 4 is 17.4 Å². The predicted octanol–water partition coefficient (Wildman–Crippen LogP) is 2.00. The smallest absolute Gasteiger partial charge is 0.149 e. The summed E-state index contributed by atoms with van der Waals surface area (Å²) in [6.45, 7) is 3.38. The summed E-state index contributed by atoms with van der Waals surface area (Å²) in [4.78, 5) is 10.6. The van der Waals surface area contributed by atoms with Gasteiger partial charge in [0, 0.05) is 13.0 Å². The Bertz CT molecular complexity index is 104. The zero-order valence-corrected chi connectivity index (χ0v) is 7.69. The highest BCUT2D eigenvalue weighted by Gasteiger charge is 1.97. The first kappa shape index (κ1) is 10.9. The highest BCUT2D eigenvalue weighted by molar-refractivity contribution is 6.27. The van der Waals surface area contributed by atoms with Crippen molar-refractivity contribution in [2.24, 2.45) is 0 Å². The van der Waals surface area contributed by atoms with Gasteiger partial charge in [-0.15, -0.1) is 11.6 Å². The molecule has 0 radical (unpaired) electrons. The summed E-state index contributed by atoms with van der Waals surface area (Å²) in [6, 6.07) is 0. The molecule has 0 aromatic rings. The van der Waals surface area contributed by atoms with Gasteiger partial charge in [-0.25, -0.2) is 0 Å². The number of Topliss-reactive ketones (excluding diaryl/α,β-unsaturated/α-hetero) is 1. The molecule has 0 heterocycles. The summed E-state index contributed by atoms with van der Waals surface area (Å²) < 4.78 is 5.17. The fourth-order valence-corrected chi connectivity index (χ4v) is 0.735. The number of hydrogen-bond donors (Lipinski definition) is 0. The van der Waals surface area contributed by atoms with E-state index in [0.29, 0.717) is 13.0 Å². The number of ketones is 1. The Hall–Kier alpha value is -0.0800. The Morgan fingerprint density at radius 2 is 2.18 bits per heavy atom. The minimum absolute atomic E-state index is 0.0585. The summed E-state index contributed by atoms with van der Waals surface area (Å²) in [7, 11) is 0. The van der Waals surface area contributed by atoms with E-state index < -0.39 is 0 Å². The molecular weight excluding hydrogens is 164 g/mol. The first-order valence-corrected chi connectivity index (χ1v) is 4.50. The molecule has 0 spiro atoms. The highest BCUT2D eigenvalue weighted by atomic mass is 35.5. The fraction of sp³-hybridized carbons (Fsp3) is 0.875. The third-order valence-corrected chi connectivity index (χ3v) is 1.61. The lowest BCUT2D eigenvalue weighted by Gasteiger charge is -2.00. The topological polar surface area (TPSA) is 26.3 Å². The average Bonchev–Trinajstić information content (AvgIpc) is 2.04. The minimum atomic E-state index is 0.0585. The van der Waals surface area contributed by atoms with E-state index in [-0.39, 0.29) is 11.7 Å². The number of rotatable bonds is 7. The van der Waals surface area contributed by atoms with Gasteiger partial charge in [-0.3, -0.25) is 4.79 Å². The van der Waals surface area contributed by atoms with Crippen molar-refractivity contribution in [1.29, 1.82) is 0 Å². The van der Waals surface area contributed by atoms with E-state index in [0.717, 1.165) is 19.4 Å². The molecule has 3 heteroatoms. The summed E-state index contributed by atoms with van der Waals surface area (Å²) in [6.07, 6.45) is 2.64. The molecule has 0 atom stereocenters.